The van der Waals surface area contributed by atoms with Gasteiger partial charge in [-0.3, -0.25) is 14.3 Å². The van der Waals surface area contributed by atoms with E-state index in [9.17, 15) is 9.59 Å². The fourth-order valence-electron chi connectivity index (χ4n) is 4.32. The Balaban J connectivity index is 1.25. The second-order valence-electron chi connectivity index (χ2n) is 8.44. The van der Waals surface area contributed by atoms with Crippen LogP contribution in [0.4, 0.5) is 5.69 Å². The summed E-state index contributed by atoms with van der Waals surface area (Å²) >= 11 is 0. The van der Waals surface area contributed by atoms with Crippen molar-refractivity contribution in [3.63, 3.8) is 0 Å². The first-order valence-corrected chi connectivity index (χ1v) is 11.5. The minimum absolute atomic E-state index is 0.135. The van der Waals surface area contributed by atoms with E-state index in [4.69, 9.17) is 0 Å². The zero-order chi connectivity index (χ0) is 23.3. The van der Waals surface area contributed by atoms with E-state index >= 15 is 0 Å². The van der Waals surface area contributed by atoms with Crippen molar-refractivity contribution < 1.29 is 9.59 Å². The molecule has 5 rings (SSSR count). The summed E-state index contributed by atoms with van der Waals surface area (Å²) in [6.07, 6.45) is 5.20. The van der Waals surface area contributed by atoms with Gasteiger partial charge in [-0.25, -0.2) is 0 Å². The number of amides is 2. The summed E-state index contributed by atoms with van der Waals surface area (Å²) in [6, 6.07) is 25.7. The van der Waals surface area contributed by atoms with E-state index in [-0.39, 0.29) is 11.8 Å². The molecule has 1 saturated heterocycles. The summed E-state index contributed by atoms with van der Waals surface area (Å²) in [5, 5.41) is 7.29. The number of benzene rings is 3. The number of carbonyl (C=O) groups is 2. The van der Waals surface area contributed by atoms with Gasteiger partial charge in [0.1, 0.15) is 0 Å². The normalized spacial score (nSPS) is 13.3. The molecule has 4 aromatic rings. The quantitative estimate of drug-likeness (QED) is 0.446. The average Bonchev–Trinajstić information content (AvgIpc) is 3.55. The Hall–Kier alpha value is -4.19. The highest BCUT2D eigenvalue weighted by atomic mass is 16.2. The Kier molecular flexibility index (Phi) is 6.21. The van der Waals surface area contributed by atoms with Crippen LogP contribution in [0.25, 0.3) is 11.1 Å². The Bertz CT molecular complexity index is 1280. The number of rotatable bonds is 7. The smallest absolute Gasteiger partial charge is 0.251 e. The van der Waals surface area contributed by atoms with Crippen molar-refractivity contribution in [2.24, 2.45) is 0 Å². The third kappa shape index (κ3) is 4.76. The molecule has 0 atom stereocenters. The van der Waals surface area contributed by atoms with Gasteiger partial charge >= 0.3 is 0 Å². The molecule has 0 saturated carbocycles. The highest BCUT2D eigenvalue weighted by Gasteiger charge is 2.21. The van der Waals surface area contributed by atoms with E-state index in [2.05, 4.69) is 40.7 Å². The number of hydrogen-bond donors (Lipinski definition) is 1. The Morgan fingerprint density at radius 3 is 2.44 bits per heavy atom. The summed E-state index contributed by atoms with van der Waals surface area (Å²) < 4.78 is 1.90. The van der Waals surface area contributed by atoms with Crippen molar-refractivity contribution in [2.75, 3.05) is 11.4 Å². The van der Waals surface area contributed by atoms with Crippen LogP contribution in [0.15, 0.2) is 91.3 Å². The summed E-state index contributed by atoms with van der Waals surface area (Å²) in [5.74, 6) is 0.00639. The van der Waals surface area contributed by atoms with Crippen LogP contribution < -0.4 is 10.2 Å². The number of aromatic nitrogens is 2. The zero-order valence-electron chi connectivity index (χ0n) is 18.9. The SMILES string of the molecule is O=C(NCc1ccccc1-c1ccc(Cn2cccn2)cc1)c1ccc(N2CCCC2=O)cc1. The minimum atomic E-state index is -0.135. The van der Waals surface area contributed by atoms with Crippen LogP contribution >= 0.6 is 0 Å². The number of carbonyl (C=O) groups excluding carboxylic acids is 2. The number of hydrogen-bond acceptors (Lipinski definition) is 3. The lowest BCUT2D eigenvalue weighted by Gasteiger charge is -2.16. The van der Waals surface area contributed by atoms with Gasteiger partial charge in [0.05, 0.1) is 6.54 Å². The molecule has 34 heavy (non-hydrogen) atoms. The summed E-state index contributed by atoms with van der Waals surface area (Å²) in [7, 11) is 0. The van der Waals surface area contributed by atoms with Crippen LogP contribution in [-0.4, -0.2) is 28.1 Å². The summed E-state index contributed by atoms with van der Waals surface area (Å²) in [4.78, 5) is 26.5. The van der Waals surface area contributed by atoms with E-state index in [0.29, 0.717) is 18.5 Å². The topological polar surface area (TPSA) is 67.2 Å². The molecule has 0 bridgehead atoms. The van der Waals surface area contributed by atoms with Gasteiger partial charge in [0.15, 0.2) is 0 Å². The average molecular weight is 451 g/mol. The molecule has 6 heteroatoms. The molecule has 0 spiro atoms. The molecule has 170 valence electrons. The van der Waals surface area contributed by atoms with Crippen molar-refractivity contribution >= 4 is 17.5 Å². The maximum atomic E-state index is 12.8. The lowest BCUT2D eigenvalue weighted by atomic mass is 9.98. The van der Waals surface area contributed by atoms with E-state index in [1.165, 1.54) is 5.56 Å². The second kappa shape index (κ2) is 9.75. The third-order valence-corrected chi connectivity index (χ3v) is 6.14. The molecule has 1 aliphatic heterocycles. The van der Waals surface area contributed by atoms with Crippen molar-refractivity contribution in [1.29, 1.82) is 0 Å². The largest absolute Gasteiger partial charge is 0.348 e. The molecule has 6 nitrogen and oxygen atoms in total. The first kappa shape index (κ1) is 21.6. The molecule has 1 fully saturated rings. The van der Waals surface area contributed by atoms with Gasteiger partial charge in [-0.15, -0.1) is 0 Å². The van der Waals surface area contributed by atoms with E-state index < -0.39 is 0 Å². The maximum absolute atomic E-state index is 12.8. The Morgan fingerprint density at radius 2 is 1.74 bits per heavy atom. The van der Waals surface area contributed by atoms with Crippen LogP contribution in [0.3, 0.4) is 0 Å². The predicted molar refractivity (Wildman–Crippen MR) is 132 cm³/mol. The highest BCUT2D eigenvalue weighted by Crippen LogP contribution is 2.25. The molecular formula is C28H26N4O2. The van der Waals surface area contributed by atoms with Crippen LogP contribution in [0.1, 0.15) is 34.3 Å². The number of nitrogens with zero attached hydrogens (tertiary/aromatic N) is 3. The molecule has 0 unspecified atom stereocenters. The lowest BCUT2D eigenvalue weighted by Crippen LogP contribution is -2.25. The van der Waals surface area contributed by atoms with Crippen molar-refractivity contribution in [2.45, 2.75) is 25.9 Å². The van der Waals surface area contributed by atoms with Crippen molar-refractivity contribution in [3.05, 3.63) is 108 Å². The summed E-state index contributed by atoms with van der Waals surface area (Å²) in [5.41, 5.74) is 5.86. The van der Waals surface area contributed by atoms with Crippen LogP contribution in [0, 0.1) is 0 Å². The van der Waals surface area contributed by atoms with Gasteiger partial charge < -0.3 is 10.2 Å². The van der Waals surface area contributed by atoms with Gasteiger partial charge in [-0.05, 0) is 59.0 Å². The van der Waals surface area contributed by atoms with E-state index in [0.717, 1.165) is 41.9 Å². The molecule has 0 radical (unpaired) electrons. The van der Waals surface area contributed by atoms with Crippen molar-refractivity contribution in [3.8, 4) is 11.1 Å². The molecule has 1 aromatic heterocycles. The molecule has 2 amide bonds. The van der Waals surface area contributed by atoms with E-state index in [1.54, 1.807) is 23.2 Å². The minimum Gasteiger partial charge on any atom is -0.348 e. The fourth-order valence-corrected chi connectivity index (χ4v) is 4.32. The molecule has 0 aliphatic carbocycles. The fraction of sp³-hybridized carbons (Fsp3) is 0.179. The zero-order valence-corrected chi connectivity index (χ0v) is 18.9. The lowest BCUT2D eigenvalue weighted by molar-refractivity contribution is -0.117. The number of nitrogens with one attached hydrogen (secondary N) is 1. The van der Waals surface area contributed by atoms with Gasteiger partial charge in [0.2, 0.25) is 5.91 Å². The highest BCUT2D eigenvalue weighted by molar-refractivity contribution is 5.97. The first-order valence-electron chi connectivity index (χ1n) is 11.5. The van der Waals surface area contributed by atoms with Gasteiger partial charge in [0, 0.05) is 43.2 Å². The standard InChI is InChI=1S/C28H26N4O2/c33-27-7-3-18-32(27)25-14-12-23(13-15-25)28(34)29-19-24-5-1-2-6-26(24)22-10-8-21(9-11-22)20-31-17-4-16-30-31/h1-2,4-6,8-17H,3,7,18-20H2,(H,29,34). The monoisotopic (exact) mass is 450 g/mol. The maximum Gasteiger partial charge on any atom is 0.251 e. The molecule has 2 heterocycles. The second-order valence-corrected chi connectivity index (χ2v) is 8.44. The van der Waals surface area contributed by atoms with Gasteiger partial charge in [-0.1, -0.05) is 48.5 Å². The number of anilines is 1. The predicted octanol–water partition coefficient (Wildman–Crippen LogP) is 4.66. The third-order valence-electron chi connectivity index (χ3n) is 6.14. The van der Waals surface area contributed by atoms with Crippen molar-refractivity contribution in [1.82, 2.24) is 15.1 Å². The van der Waals surface area contributed by atoms with Crippen LogP contribution in [0.2, 0.25) is 0 Å². The molecule has 1 aliphatic rings. The first-order chi connectivity index (χ1) is 16.7. The Labute approximate surface area is 198 Å². The molecule has 3 aromatic carbocycles. The van der Waals surface area contributed by atoms with E-state index in [1.807, 2.05) is 47.3 Å². The summed E-state index contributed by atoms with van der Waals surface area (Å²) in [6.45, 7) is 1.90. The Morgan fingerprint density at radius 1 is 0.941 bits per heavy atom. The van der Waals surface area contributed by atoms with Crippen LogP contribution in [-0.2, 0) is 17.9 Å². The van der Waals surface area contributed by atoms with Crippen LogP contribution in [0.5, 0.6) is 0 Å². The molecular weight excluding hydrogens is 424 g/mol. The molecule has 1 N–H and O–H groups in total. The van der Waals surface area contributed by atoms with Gasteiger partial charge in [-0.2, -0.15) is 5.10 Å². The van der Waals surface area contributed by atoms with Gasteiger partial charge in [0.25, 0.3) is 5.91 Å².